The highest BCUT2D eigenvalue weighted by Crippen LogP contribution is 2.25. The van der Waals surface area contributed by atoms with E-state index in [1.54, 1.807) is 0 Å². The number of aromatic nitrogens is 3. The number of nitrogens with one attached hydrogen (secondary N) is 1. The molecule has 1 aliphatic carbocycles. The van der Waals surface area contributed by atoms with Crippen LogP contribution < -0.4 is 10.1 Å². The van der Waals surface area contributed by atoms with Gasteiger partial charge in [-0.05, 0) is 69.0 Å². The van der Waals surface area contributed by atoms with Crippen LogP contribution in [0.1, 0.15) is 44.9 Å². The lowest BCUT2D eigenvalue weighted by atomic mass is 9.98. The Morgan fingerprint density at radius 3 is 2.55 bits per heavy atom. The van der Waals surface area contributed by atoms with E-state index in [0.29, 0.717) is 18.3 Å². The molecule has 174 valence electrons. The van der Waals surface area contributed by atoms with Crippen molar-refractivity contribution in [1.29, 1.82) is 0 Å². The lowest BCUT2D eigenvalue weighted by Crippen LogP contribution is -2.22. The zero-order chi connectivity index (χ0) is 22.9. The number of anilines is 1. The SMILES string of the molecule is CCOc1ccc(NCc2nnc(SCC(=O)OC3CCCCC3)n2-c2ccccc2)cc1. The molecular weight excluding hydrogens is 436 g/mol. The molecule has 0 saturated heterocycles. The summed E-state index contributed by atoms with van der Waals surface area (Å²) in [6.07, 6.45) is 5.51. The van der Waals surface area contributed by atoms with Gasteiger partial charge < -0.3 is 14.8 Å². The fourth-order valence-electron chi connectivity index (χ4n) is 3.89. The number of thioether (sulfide) groups is 1. The summed E-state index contributed by atoms with van der Waals surface area (Å²) >= 11 is 1.36. The molecule has 0 radical (unpaired) electrons. The molecule has 3 aromatic rings. The van der Waals surface area contributed by atoms with Crippen molar-refractivity contribution in [3.63, 3.8) is 0 Å². The van der Waals surface area contributed by atoms with Crippen molar-refractivity contribution in [3.05, 3.63) is 60.4 Å². The van der Waals surface area contributed by atoms with E-state index in [0.717, 1.165) is 48.6 Å². The molecule has 1 fully saturated rings. The molecule has 2 aromatic carbocycles. The molecule has 0 aliphatic heterocycles. The van der Waals surface area contributed by atoms with E-state index >= 15 is 0 Å². The number of hydrogen-bond donors (Lipinski definition) is 1. The van der Waals surface area contributed by atoms with E-state index in [4.69, 9.17) is 9.47 Å². The number of carbonyl (C=O) groups excluding carboxylic acids is 1. The molecule has 33 heavy (non-hydrogen) atoms. The summed E-state index contributed by atoms with van der Waals surface area (Å²) in [5.74, 6) is 1.63. The van der Waals surface area contributed by atoms with Crippen molar-refractivity contribution in [1.82, 2.24) is 14.8 Å². The molecule has 7 nitrogen and oxygen atoms in total. The molecule has 1 aromatic heterocycles. The van der Waals surface area contributed by atoms with Gasteiger partial charge >= 0.3 is 5.97 Å². The third-order valence-corrected chi connectivity index (χ3v) is 6.40. The Hall–Kier alpha value is -3.00. The van der Waals surface area contributed by atoms with Gasteiger partial charge in [0.25, 0.3) is 0 Å². The Kier molecular flexibility index (Phi) is 8.24. The monoisotopic (exact) mass is 466 g/mol. The summed E-state index contributed by atoms with van der Waals surface area (Å²) < 4.78 is 13.1. The Morgan fingerprint density at radius 2 is 1.82 bits per heavy atom. The minimum Gasteiger partial charge on any atom is -0.494 e. The maximum absolute atomic E-state index is 12.4. The van der Waals surface area contributed by atoms with Crippen LogP contribution in [-0.2, 0) is 16.1 Å². The second-order valence-electron chi connectivity index (χ2n) is 7.92. The van der Waals surface area contributed by atoms with E-state index in [1.165, 1.54) is 18.2 Å². The summed E-state index contributed by atoms with van der Waals surface area (Å²) in [6.45, 7) is 3.10. The van der Waals surface area contributed by atoms with Crippen LogP contribution in [0.5, 0.6) is 5.75 Å². The molecule has 4 rings (SSSR count). The van der Waals surface area contributed by atoms with E-state index in [9.17, 15) is 4.79 Å². The molecule has 0 atom stereocenters. The number of carbonyl (C=O) groups is 1. The summed E-state index contributed by atoms with van der Waals surface area (Å²) in [6, 6.07) is 17.8. The smallest absolute Gasteiger partial charge is 0.316 e. The first-order chi connectivity index (χ1) is 16.2. The van der Waals surface area contributed by atoms with Crippen molar-refractivity contribution in [2.24, 2.45) is 0 Å². The second kappa shape index (κ2) is 11.7. The number of benzene rings is 2. The molecule has 1 saturated carbocycles. The van der Waals surface area contributed by atoms with Crippen LogP contribution in [0.25, 0.3) is 5.69 Å². The molecule has 0 amide bonds. The first-order valence-corrected chi connectivity index (χ1v) is 12.5. The lowest BCUT2D eigenvalue weighted by molar-refractivity contribution is -0.147. The standard InChI is InChI=1S/C25H30N4O3S/c1-2-31-21-15-13-19(14-16-21)26-17-23-27-28-25(29(23)20-9-5-3-6-10-20)33-18-24(30)32-22-11-7-4-8-12-22/h3,5-6,9-10,13-16,22,26H,2,4,7-8,11-12,17-18H2,1H3. The van der Waals surface area contributed by atoms with Gasteiger partial charge in [-0.3, -0.25) is 9.36 Å². The lowest BCUT2D eigenvalue weighted by Gasteiger charge is -2.21. The average molecular weight is 467 g/mol. The van der Waals surface area contributed by atoms with Crippen molar-refractivity contribution in [2.75, 3.05) is 17.7 Å². The minimum absolute atomic E-state index is 0.0627. The summed E-state index contributed by atoms with van der Waals surface area (Å²) in [5.41, 5.74) is 1.92. The van der Waals surface area contributed by atoms with Gasteiger partial charge in [-0.1, -0.05) is 36.4 Å². The first kappa shape index (κ1) is 23.2. The quantitative estimate of drug-likeness (QED) is 0.323. The molecule has 0 spiro atoms. The van der Waals surface area contributed by atoms with Crippen LogP contribution >= 0.6 is 11.8 Å². The number of rotatable bonds is 10. The van der Waals surface area contributed by atoms with Gasteiger partial charge in [-0.15, -0.1) is 10.2 Å². The number of ether oxygens (including phenoxy) is 2. The van der Waals surface area contributed by atoms with E-state index < -0.39 is 0 Å². The van der Waals surface area contributed by atoms with Gasteiger partial charge in [-0.25, -0.2) is 0 Å². The highest BCUT2D eigenvalue weighted by Gasteiger charge is 2.20. The van der Waals surface area contributed by atoms with Crippen LogP contribution in [0.3, 0.4) is 0 Å². The van der Waals surface area contributed by atoms with Crippen molar-refractivity contribution in [3.8, 4) is 11.4 Å². The second-order valence-corrected chi connectivity index (χ2v) is 8.86. The van der Waals surface area contributed by atoms with E-state index in [2.05, 4.69) is 15.5 Å². The van der Waals surface area contributed by atoms with Gasteiger partial charge in [0.2, 0.25) is 0 Å². The van der Waals surface area contributed by atoms with Crippen molar-refractivity contribution >= 4 is 23.4 Å². The third-order valence-electron chi connectivity index (χ3n) is 5.50. The Morgan fingerprint density at radius 1 is 1.06 bits per heavy atom. The average Bonchev–Trinajstić information content (AvgIpc) is 3.26. The van der Waals surface area contributed by atoms with Gasteiger partial charge in [0, 0.05) is 11.4 Å². The fourth-order valence-corrected chi connectivity index (χ4v) is 4.64. The molecular formula is C25H30N4O3S. The van der Waals surface area contributed by atoms with Crippen LogP contribution in [0.15, 0.2) is 59.8 Å². The summed E-state index contributed by atoms with van der Waals surface area (Å²) in [5, 5.41) is 12.8. The maximum atomic E-state index is 12.4. The Balaban J connectivity index is 1.43. The van der Waals surface area contributed by atoms with Gasteiger partial charge in [-0.2, -0.15) is 0 Å². The van der Waals surface area contributed by atoms with E-state index in [1.807, 2.05) is 66.1 Å². The van der Waals surface area contributed by atoms with Gasteiger partial charge in [0.1, 0.15) is 11.9 Å². The Labute approximate surface area is 198 Å². The number of nitrogens with zero attached hydrogens (tertiary/aromatic N) is 3. The number of hydrogen-bond acceptors (Lipinski definition) is 7. The highest BCUT2D eigenvalue weighted by atomic mass is 32.2. The largest absolute Gasteiger partial charge is 0.494 e. The number of para-hydroxylation sites is 1. The molecule has 0 unspecified atom stereocenters. The topological polar surface area (TPSA) is 78.3 Å². The predicted octanol–water partition coefficient (Wildman–Crippen LogP) is 5.25. The van der Waals surface area contributed by atoms with Crippen LogP contribution in [0.2, 0.25) is 0 Å². The molecule has 0 bridgehead atoms. The molecule has 1 N–H and O–H groups in total. The molecule has 8 heteroatoms. The number of esters is 1. The van der Waals surface area contributed by atoms with Crippen LogP contribution in [0.4, 0.5) is 5.69 Å². The van der Waals surface area contributed by atoms with Crippen molar-refractivity contribution in [2.45, 2.75) is 56.8 Å². The zero-order valence-corrected chi connectivity index (χ0v) is 19.7. The third kappa shape index (κ3) is 6.51. The van der Waals surface area contributed by atoms with E-state index in [-0.39, 0.29) is 17.8 Å². The summed E-state index contributed by atoms with van der Waals surface area (Å²) in [4.78, 5) is 12.4. The molecule has 1 heterocycles. The highest BCUT2D eigenvalue weighted by molar-refractivity contribution is 7.99. The van der Waals surface area contributed by atoms with Crippen LogP contribution in [-0.4, -0.2) is 39.2 Å². The predicted molar refractivity (Wildman–Crippen MR) is 130 cm³/mol. The van der Waals surface area contributed by atoms with Gasteiger partial charge in [0.15, 0.2) is 11.0 Å². The molecule has 1 aliphatic rings. The summed E-state index contributed by atoms with van der Waals surface area (Å²) in [7, 11) is 0. The van der Waals surface area contributed by atoms with Gasteiger partial charge in [0.05, 0.1) is 18.9 Å². The Bertz CT molecular complexity index is 1020. The normalized spacial score (nSPS) is 14.1. The van der Waals surface area contributed by atoms with Crippen molar-refractivity contribution < 1.29 is 14.3 Å². The zero-order valence-electron chi connectivity index (χ0n) is 18.9. The van der Waals surface area contributed by atoms with Crippen LogP contribution in [0, 0.1) is 0 Å². The maximum Gasteiger partial charge on any atom is 0.316 e. The fraction of sp³-hybridized carbons (Fsp3) is 0.400. The minimum atomic E-state index is -0.191. The first-order valence-electron chi connectivity index (χ1n) is 11.5.